The Morgan fingerprint density at radius 2 is 0.944 bits per heavy atom. The van der Waals surface area contributed by atoms with Crippen LogP contribution >= 0.6 is 81.2 Å². The molecule has 0 rings (SSSR count). The van der Waals surface area contributed by atoms with Crippen LogP contribution in [0.1, 0.15) is 0 Å². The summed E-state index contributed by atoms with van der Waals surface area (Å²) in [7, 11) is 0. The largest absolute Gasteiger partial charge is 0.381 e. The molecule has 0 saturated carbocycles. The second-order valence-corrected chi connectivity index (χ2v) is 7.19. The summed E-state index contributed by atoms with van der Waals surface area (Å²) >= 11 is 32.4. The molecule has 0 aliphatic carbocycles. The van der Waals surface area contributed by atoms with Gasteiger partial charge in [-0.25, -0.2) is 4.39 Å². The molecule has 2 atom stereocenters. The van der Waals surface area contributed by atoms with Gasteiger partial charge in [0.2, 0.25) is 0 Å². The first-order valence-electron chi connectivity index (χ1n) is 3.43. The maximum atomic E-state index is 13.3. The normalized spacial score (nSPS) is 21.3. The molecule has 110 valence electrons. The second kappa shape index (κ2) is 5.44. The van der Waals surface area contributed by atoms with Crippen molar-refractivity contribution in [3.8, 4) is 0 Å². The number of ether oxygens (including phenoxy) is 1. The van der Waals surface area contributed by atoms with Crippen molar-refractivity contribution < 1.29 is 26.7 Å². The molecule has 0 aromatic heterocycles. The number of halogens is 12. The van der Waals surface area contributed by atoms with Crippen molar-refractivity contribution >= 4 is 81.2 Å². The van der Waals surface area contributed by atoms with Crippen LogP contribution in [0, 0.1) is 0 Å². The fourth-order valence-electron chi connectivity index (χ4n) is 0.448. The molecule has 0 fully saturated rings. The highest BCUT2D eigenvalue weighted by molar-refractivity contribution is 6.70. The standard InChI is InChI=1S/C5Cl7F5O/c6-2(7,8)5(12,17)18-4(11,16)1(13,14)3(9,10)15. The highest BCUT2D eigenvalue weighted by Gasteiger charge is 2.72. The maximum absolute atomic E-state index is 13.3. The minimum Gasteiger partial charge on any atom is -0.275 e. The van der Waals surface area contributed by atoms with Crippen LogP contribution in [0.3, 0.4) is 0 Å². The van der Waals surface area contributed by atoms with E-state index in [1.807, 2.05) is 0 Å². The van der Waals surface area contributed by atoms with E-state index in [1.165, 1.54) is 0 Å². The monoisotopic (exact) mass is 416 g/mol. The third-order valence-corrected chi connectivity index (χ3v) is 3.48. The van der Waals surface area contributed by atoms with Gasteiger partial charge in [-0.05, 0) is 23.2 Å². The summed E-state index contributed by atoms with van der Waals surface area (Å²) in [6.45, 7) is 0. The summed E-state index contributed by atoms with van der Waals surface area (Å²) in [5, 5.41) is -9.09. The Balaban J connectivity index is 5.33. The molecular weight excluding hydrogens is 419 g/mol. The average molecular weight is 419 g/mol. The van der Waals surface area contributed by atoms with Crippen LogP contribution < -0.4 is 0 Å². The van der Waals surface area contributed by atoms with Crippen molar-refractivity contribution in [2.75, 3.05) is 0 Å². The first-order chi connectivity index (χ1) is 7.46. The van der Waals surface area contributed by atoms with Crippen molar-refractivity contribution in [1.29, 1.82) is 0 Å². The minimum absolute atomic E-state index is 3.22. The fraction of sp³-hybridized carbons (Fsp3) is 1.00. The van der Waals surface area contributed by atoms with Gasteiger partial charge in [0.05, 0.1) is 0 Å². The van der Waals surface area contributed by atoms with Gasteiger partial charge < -0.3 is 0 Å². The predicted octanol–water partition coefficient (Wildman–Crippen LogP) is 5.83. The zero-order valence-corrected chi connectivity index (χ0v) is 12.7. The van der Waals surface area contributed by atoms with Gasteiger partial charge in [0.25, 0.3) is 3.79 Å². The van der Waals surface area contributed by atoms with Crippen LogP contribution in [0.4, 0.5) is 22.0 Å². The molecule has 0 aliphatic rings. The molecule has 0 bridgehead atoms. The molecule has 0 heterocycles. The van der Waals surface area contributed by atoms with Gasteiger partial charge in [0, 0.05) is 0 Å². The van der Waals surface area contributed by atoms with E-state index < -0.39 is 24.9 Å². The highest BCUT2D eigenvalue weighted by Crippen LogP contribution is 2.55. The lowest BCUT2D eigenvalue weighted by Gasteiger charge is -2.36. The summed E-state index contributed by atoms with van der Waals surface area (Å²) < 4.78 is 60.7. The number of rotatable bonds is 4. The zero-order chi connectivity index (χ0) is 15.2. The van der Waals surface area contributed by atoms with Crippen LogP contribution in [-0.2, 0) is 4.74 Å². The Morgan fingerprint density at radius 3 is 1.17 bits per heavy atom. The molecule has 2 unspecified atom stereocenters. The molecule has 13 heteroatoms. The maximum Gasteiger partial charge on any atom is 0.381 e. The van der Waals surface area contributed by atoms with Crippen LogP contribution in [0.2, 0.25) is 0 Å². The average Bonchev–Trinajstić information content (AvgIpc) is 1.96. The van der Waals surface area contributed by atoms with Crippen molar-refractivity contribution in [2.24, 2.45) is 0 Å². The van der Waals surface area contributed by atoms with Gasteiger partial charge in [-0.1, -0.05) is 58.0 Å². The molecule has 18 heavy (non-hydrogen) atoms. The van der Waals surface area contributed by atoms with E-state index in [0.717, 1.165) is 0 Å². The van der Waals surface area contributed by atoms with Gasteiger partial charge in [0.15, 0.2) is 0 Å². The van der Waals surface area contributed by atoms with E-state index in [0.29, 0.717) is 0 Å². The quantitative estimate of drug-likeness (QED) is 0.412. The molecule has 0 N–H and O–H groups in total. The summed E-state index contributed by atoms with van der Waals surface area (Å²) in [5.41, 5.74) is 0. The van der Waals surface area contributed by atoms with Crippen molar-refractivity contribution in [2.45, 2.75) is 24.9 Å². The second-order valence-electron chi connectivity index (χ2n) is 2.71. The molecule has 0 spiro atoms. The molecule has 0 aliphatic heterocycles. The Kier molecular flexibility index (Phi) is 5.94. The van der Waals surface area contributed by atoms with Gasteiger partial charge >= 0.3 is 21.1 Å². The van der Waals surface area contributed by atoms with Gasteiger partial charge in [-0.2, -0.15) is 17.6 Å². The Morgan fingerprint density at radius 1 is 0.611 bits per heavy atom. The fourth-order valence-corrected chi connectivity index (χ4v) is 1.29. The van der Waals surface area contributed by atoms with Crippen LogP contribution in [0.15, 0.2) is 0 Å². The minimum atomic E-state index is -5.45. The van der Waals surface area contributed by atoms with Gasteiger partial charge in [0.1, 0.15) is 0 Å². The van der Waals surface area contributed by atoms with Crippen molar-refractivity contribution in [1.82, 2.24) is 0 Å². The predicted molar refractivity (Wildman–Crippen MR) is 61.3 cm³/mol. The topological polar surface area (TPSA) is 9.23 Å². The number of hydrogen-bond donors (Lipinski definition) is 0. The third-order valence-electron chi connectivity index (χ3n) is 1.31. The lowest BCUT2D eigenvalue weighted by atomic mass is 10.3. The van der Waals surface area contributed by atoms with E-state index in [-0.39, 0.29) is 0 Å². The lowest BCUT2D eigenvalue weighted by molar-refractivity contribution is -0.293. The molecular formula is C5Cl7F5O. The van der Waals surface area contributed by atoms with E-state index in [2.05, 4.69) is 39.5 Å². The summed E-state index contributed by atoms with van der Waals surface area (Å²) in [4.78, 5) is 0. The Labute approximate surface area is 132 Å². The van der Waals surface area contributed by atoms with Crippen molar-refractivity contribution in [3.05, 3.63) is 0 Å². The first kappa shape index (κ1) is 19.6. The summed E-state index contributed by atoms with van der Waals surface area (Å²) in [6.07, 6.45) is 0. The van der Waals surface area contributed by atoms with E-state index in [9.17, 15) is 22.0 Å². The Hall–Kier alpha value is 1.64. The number of hydrogen-bond acceptors (Lipinski definition) is 1. The third kappa shape index (κ3) is 4.07. The summed E-state index contributed by atoms with van der Waals surface area (Å²) in [6, 6.07) is 0. The number of alkyl halides is 12. The van der Waals surface area contributed by atoms with Gasteiger partial charge in [-0.15, -0.1) is 0 Å². The smallest absolute Gasteiger partial charge is 0.275 e. The van der Waals surface area contributed by atoms with Crippen LogP contribution in [0.5, 0.6) is 0 Å². The highest BCUT2D eigenvalue weighted by atomic mass is 35.6. The molecule has 0 radical (unpaired) electrons. The van der Waals surface area contributed by atoms with Gasteiger partial charge in [-0.3, -0.25) is 4.74 Å². The van der Waals surface area contributed by atoms with E-state index in [4.69, 9.17) is 46.4 Å². The molecule has 0 amide bonds. The van der Waals surface area contributed by atoms with Crippen LogP contribution in [0.25, 0.3) is 0 Å². The summed E-state index contributed by atoms with van der Waals surface area (Å²) in [5.74, 6) is -5.45. The molecule has 0 aromatic rings. The lowest BCUT2D eigenvalue weighted by Crippen LogP contribution is -2.55. The Bertz CT molecular complexity index is 308. The van der Waals surface area contributed by atoms with Crippen molar-refractivity contribution in [3.63, 3.8) is 0 Å². The molecule has 0 aromatic carbocycles. The van der Waals surface area contributed by atoms with Crippen LogP contribution in [-0.4, -0.2) is 24.9 Å². The first-order valence-corrected chi connectivity index (χ1v) is 6.07. The molecule has 0 saturated heterocycles. The van der Waals surface area contributed by atoms with E-state index >= 15 is 0 Å². The van der Waals surface area contributed by atoms with E-state index in [1.54, 1.807) is 0 Å². The molecule has 1 nitrogen and oxygen atoms in total. The zero-order valence-electron chi connectivity index (χ0n) is 7.44. The SMILES string of the molecule is FC(Cl)(Cl)C(F)(F)C(F)(Cl)OC(F)(Cl)C(Cl)(Cl)Cl.